The Hall–Kier alpha value is -1.06. The van der Waals surface area contributed by atoms with E-state index in [9.17, 15) is 5.11 Å². The van der Waals surface area contributed by atoms with E-state index in [-0.39, 0.29) is 0 Å². The predicted octanol–water partition coefficient (Wildman–Crippen LogP) is 1.57. The lowest BCUT2D eigenvalue weighted by atomic mass is 10.1. The zero-order chi connectivity index (χ0) is 11.5. The number of rotatable bonds is 4. The molecule has 1 aromatic rings. The van der Waals surface area contributed by atoms with Crippen LogP contribution in [0, 0.1) is 0 Å². The van der Waals surface area contributed by atoms with Crippen molar-refractivity contribution in [1.82, 2.24) is 10.2 Å². The summed E-state index contributed by atoms with van der Waals surface area (Å²) in [5, 5.41) is 13.1. The van der Waals surface area contributed by atoms with Crippen molar-refractivity contribution >= 4 is 0 Å². The van der Waals surface area contributed by atoms with Crippen molar-refractivity contribution in [1.29, 1.82) is 0 Å². The van der Waals surface area contributed by atoms with Gasteiger partial charge in [0.1, 0.15) is 5.75 Å². The molecular formula is C13H20N2O. The number of hydrogen-bond donors (Lipinski definition) is 2. The molecule has 1 fully saturated rings. The molecule has 0 unspecified atom stereocenters. The van der Waals surface area contributed by atoms with Crippen molar-refractivity contribution in [2.75, 3.05) is 13.1 Å². The Morgan fingerprint density at radius 1 is 1.38 bits per heavy atom. The maximum atomic E-state index is 9.77. The van der Waals surface area contributed by atoms with E-state index >= 15 is 0 Å². The number of phenols is 1. The monoisotopic (exact) mass is 220 g/mol. The van der Waals surface area contributed by atoms with Gasteiger partial charge in [0.15, 0.2) is 0 Å². The molecule has 2 N–H and O–H groups in total. The van der Waals surface area contributed by atoms with Crippen molar-refractivity contribution < 1.29 is 5.11 Å². The molecule has 1 aliphatic rings. The van der Waals surface area contributed by atoms with Gasteiger partial charge in [-0.2, -0.15) is 0 Å². The summed E-state index contributed by atoms with van der Waals surface area (Å²) in [5.74, 6) is 0.403. The van der Waals surface area contributed by atoms with E-state index in [0.29, 0.717) is 17.8 Å². The van der Waals surface area contributed by atoms with Crippen LogP contribution in [0.1, 0.15) is 19.4 Å². The molecule has 0 aromatic heterocycles. The van der Waals surface area contributed by atoms with E-state index in [0.717, 1.165) is 25.2 Å². The van der Waals surface area contributed by atoms with Gasteiger partial charge >= 0.3 is 0 Å². The molecule has 0 amide bonds. The van der Waals surface area contributed by atoms with Gasteiger partial charge in [-0.1, -0.05) is 18.2 Å². The lowest BCUT2D eigenvalue weighted by Crippen LogP contribution is -2.58. The topological polar surface area (TPSA) is 35.5 Å². The van der Waals surface area contributed by atoms with Crippen molar-refractivity contribution in [3.63, 3.8) is 0 Å². The molecule has 88 valence electrons. The Kier molecular flexibility index (Phi) is 3.46. The van der Waals surface area contributed by atoms with E-state index in [2.05, 4.69) is 24.1 Å². The summed E-state index contributed by atoms with van der Waals surface area (Å²) in [7, 11) is 0. The summed E-state index contributed by atoms with van der Waals surface area (Å²) in [6, 6.07) is 8.71. The van der Waals surface area contributed by atoms with Crippen LogP contribution in [0.25, 0.3) is 0 Å². The third-order valence-corrected chi connectivity index (χ3v) is 3.24. The standard InChI is InChI=1S/C13H20N2O/c1-10(2)15(12-7-14-8-12)9-11-5-3-4-6-13(11)16/h3-6,10,12,14,16H,7-9H2,1-2H3. The minimum absolute atomic E-state index is 0.403. The maximum Gasteiger partial charge on any atom is 0.120 e. The van der Waals surface area contributed by atoms with Gasteiger partial charge in [0, 0.05) is 37.3 Å². The quantitative estimate of drug-likeness (QED) is 0.808. The second-order valence-corrected chi connectivity index (χ2v) is 4.71. The number of phenolic OH excluding ortho intramolecular Hbond substituents is 1. The Morgan fingerprint density at radius 2 is 2.06 bits per heavy atom. The van der Waals surface area contributed by atoms with E-state index in [1.807, 2.05) is 18.2 Å². The SMILES string of the molecule is CC(C)N(Cc1ccccc1O)C1CNC1. The Balaban J connectivity index is 2.08. The lowest BCUT2D eigenvalue weighted by molar-refractivity contribution is 0.102. The van der Waals surface area contributed by atoms with Crippen LogP contribution >= 0.6 is 0 Å². The van der Waals surface area contributed by atoms with Crippen LogP contribution in [-0.4, -0.2) is 35.2 Å². The molecule has 0 aliphatic carbocycles. The molecule has 0 saturated carbocycles. The van der Waals surface area contributed by atoms with Gasteiger partial charge in [-0.3, -0.25) is 4.90 Å². The third kappa shape index (κ3) is 2.36. The molecular weight excluding hydrogens is 200 g/mol. The Morgan fingerprint density at radius 3 is 2.56 bits per heavy atom. The fourth-order valence-corrected chi connectivity index (χ4v) is 2.08. The van der Waals surface area contributed by atoms with Crippen LogP contribution in [0.3, 0.4) is 0 Å². The highest BCUT2D eigenvalue weighted by atomic mass is 16.3. The second kappa shape index (κ2) is 4.85. The van der Waals surface area contributed by atoms with Crippen LogP contribution in [0.5, 0.6) is 5.75 Å². The molecule has 0 radical (unpaired) electrons. The molecule has 0 spiro atoms. The predicted molar refractivity (Wildman–Crippen MR) is 65.4 cm³/mol. The first-order chi connectivity index (χ1) is 7.68. The van der Waals surface area contributed by atoms with Crippen molar-refractivity contribution in [3.05, 3.63) is 29.8 Å². The first kappa shape index (κ1) is 11.4. The molecule has 3 heteroatoms. The molecule has 0 atom stereocenters. The molecule has 16 heavy (non-hydrogen) atoms. The molecule has 1 aliphatic heterocycles. The van der Waals surface area contributed by atoms with Crippen molar-refractivity contribution in [2.24, 2.45) is 0 Å². The van der Waals surface area contributed by atoms with Crippen LogP contribution in [0.4, 0.5) is 0 Å². The highest BCUT2D eigenvalue weighted by Crippen LogP contribution is 2.21. The number of para-hydroxylation sites is 1. The normalized spacial score (nSPS) is 16.8. The fourth-order valence-electron chi connectivity index (χ4n) is 2.08. The molecule has 3 nitrogen and oxygen atoms in total. The van der Waals surface area contributed by atoms with Crippen molar-refractivity contribution in [2.45, 2.75) is 32.5 Å². The smallest absolute Gasteiger partial charge is 0.120 e. The summed E-state index contributed by atoms with van der Waals surface area (Å²) in [5.41, 5.74) is 1.02. The lowest BCUT2D eigenvalue weighted by Gasteiger charge is -2.41. The van der Waals surface area contributed by atoms with E-state index in [1.165, 1.54) is 0 Å². The highest BCUT2D eigenvalue weighted by Gasteiger charge is 2.26. The van der Waals surface area contributed by atoms with Gasteiger partial charge in [0.05, 0.1) is 0 Å². The average Bonchev–Trinajstić information content (AvgIpc) is 2.17. The van der Waals surface area contributed by atoms with Crippen LogP contribution in [-0.2, 0) is 6.54 Å². The molecule has 1 aromatic carbocycles. The van der Waals surface area contributed by atoms with Crippen LogP contribution < -0.4 is 5.32 Å². The summed E-state index contributed by atoms with van der Waals surface area (Å²) >= 11 is 0. The molecule has 1 heterocycles. The summed E-state index contributed by atoms with van der Waals surface area (Å²) in [4.78, 5) is 2.44. The van der Waals surface area contributed by atoms with Gasteiger partial charge in [0.2, 0.25) is 0 Å². The highest BCUT2D eigenvalue weighted by molar-refractivity contribution is 5.31. The number of nitrogens with one attached hydrogen (secondary N) is 1. The largest absolute Gasteiger partial charge is 0.508 e. The second-order valence-electron chi connectivity index (χ2n) is 4.71. The fraction of sp³-hybridized carbons (Fsp3) is 0.538. The maximum absolute atomic E-state index is 9.77. The van der Waals surface area contributed by atoms with Gasteiger partial charge in [-0.25, -0.2) is 0 Å². The molecule has 2 rings (SSSR count). The third-order valence-electron chi connectivity index (χ3n) is 3.24. The zero-order valence-electron chi connectivity index (χ0n) is 9.98. The van der Waals surface area contributed by atoms with E-state index in [4.69, 9.17) is 0 Å². The number of hydrogen-bond acceptors (Lipinski definition) is 3. The first-order valence-electron chi connectivity index (χ1n) is 5.92. The molecule has 1 saturated heterocycles. The first-order valence-corrected chi connectivity index (χ1v) is 5.92. The van der Waals surface area contributed by atoms with Crippen LogP contribution in [0.2, 0.25) is 0 Å². The van der Waals surface area contributed by atoms with Gasteiger partial charge < -0.3 is 10.4 Å². The number of aromatic hydroxyl groups is 1. The van der Waals surface area contributed by atoms with Crippen molar-refractivity contribution in [3.8, 4) is 5.75 Å². The van der Waals surface area contributed by atoms with Crippen LogP contribution in [0.15, 0.2) is 24.3 Å². The van der Waals surface area contributed by atoms with Gasteiger partial charge in [-0.05, 0) is 19.9 Å². The van der Waals surface area contributed by atoms with Gasteiger partial charge in [0.25, 0.3) is 0 Å². The zero-order valence-corrected chi connectivity index (χ0v) is 9.98. The summed E-state index contributed by atoms with van der Waals surface area (Å²) in [6.45, 7) is 7.37. The minimum atomic E-state index is 0.403. The summed E-state index contributed by atoms with van der Waals surface area (Å²) < 4.78 is 0. The Labute approximate surface area is 97.1 Å². The van der Waals surface area contributed by atoms with Gasteiger partial charge in [-0.15, -0.1) is 0 Å². The van der Waals surface area contributed by atoms with E-state index in [1.54, 1.807) is 6.07 Å². The average molecular weight is 220 g/mol. The number of benzene rings is 1. The minimum Gasteiger partial charge on any atom is -0.508 e. The Bertz CT molecular complexity index is 348. The number of nitrogens with zero attached hydrogens (tertiary/aromatic N) is 1. The molecule has 0 bridgehead atoms. The van der Waals surface area contributed by atoms with E-state index < -0.39 is 0 Å². The summed E-state index contributed by atoms with van der Waals surface area (Å²) in [6.07, 6.45) is 0.